The minimum atomic E-state index is -3.28. The zero-order valence-corrected chi connectivity index (χ0v) is 8.37. The van der Waals surface area contributed by atoms with E-state index in [2.05, 4.69) is 0 Å². The van der Waals surface area contributed by atoms with Crippen LogP contribution in [-0.2, 0) is 16.4 Å². The van der Waals surface area contributed by atoms with Crippen molar-refractivity contribution in [3.8, 4) is 5.75 Å². The molecule has 0 aromatic heterocycles. The van der Waals surface area contributed by atoms with Crippen molar-refractivity contribution in [3.05, 3.63) is 23.8 Å². The van der Waals surface area contributed by atoms with Gasteiger partial charge in [0.25, 0.3) is 0 Å². The summed E-state index contributed by atoms with van der Waals surface area (Å²) in [5, 5.41) is 17.7. The predicted molar refractivity (Wildman–Crippen MR) is 49.8 cm³/mol. The highest BCUT2D eigenvalue weighted by molar-refractivity contribution is 7.90. The molecule has 0 aliphatic carbocycles. The fourth-order valence-corrected chi connectivity index (χ4v) is 1.69. The molecule has 0 fully saturated rings. The van der Waals surface area contributed by atoms with Gasteiger partial charge in [-0.3, -0.25) is 0 Å². The molecule has 14 heavy (non-hydrogen) atoms. The molecule has 5 nitrogen and oxygen atoms in total. The molecule has 0 heterocycles. The number of hydrogen-bond donors (Lipinski definition) is 3. The Bertz CT molecular complexity index is 427. The van der Waals surface area contributed by atoms with Crippen LogP contribution in [0.2, 0.25) is 0 Å². The van der Waals surface area contributed by atoms with E-state index in [1.165, 1.54) is 18.2 Å². The number of benzene rings is 1. The van der Waals surface area contributed by atoms with Crippen molar-refractivity contribution in [2.24, 2.45) is 0 Å². The molecule has 78 valence electrons. The normalized spacial score (nSPS) is 11.6. The Kier molecular flexibility index (Phi) is 3.10. The van der Waals surface area contributed by atoms with Gasteiger partial charge in [0.05, 0.1) is 4.90 Å². The van der Waals surface area contributed by atoms with Crippen LogP contribution in [0, 0.1) is 0 Å². The van der Waals surface area contributed by atoms with Crippen LogP contribution >= 0.6 is 0 Å². The van der Waals surface area contributed by atoms with Gasteiger partial charge in [0.1, 0.15) is 5.75 Å². The van der Waals surface area contributed by atoms with E-state index in [-0.39, 0.29) is 17.2 Å². The van der Waals surface area contributed by atoms with Crippen molar-refractivity contribution in [3.63, 3.8) is 0 Å². The van der Waals surface area contributed by atoms with Crippen LogP contribution in [0.5, 0.6) is 5.75 Å². The Hall–Kier alpha value is -1.11. The van der Waals surface area contributed by atoms with Crippen molar-refractivity contribution in [2.75, 3.05) is 6.26 Å². The highest BCUT2D eigenvalue weighted by Crippen LogP contribution is 2.20. The van der Waals surface area contributed by atoms with Crippen LogP contribution in [0.15, 0.2) is 23.1 Å². The third-order valence-corrected chi connectivity index (χ3v) is 2.86. The molecule has 0 unspecified atom stereocenters. The van der Waals surface area contributed by atoms with E-state index >= 15 is 0 Å². The second-order valence-electron chi connectivity index (χ2n) is 2.90. The van der Waals surface area contributed by atoms with Crippen molar-refractivity contribution >= 4 is 9.84 Å². The maximum absolute atomic E-state index is 11.1. The Labute approximate surface area is 81.9 Å². The summed E-state index contributed by atoms with van der Waals surface area (Å²) >= 11 is 0. The molecule has 0 aliphatic rings. The lowest BCUT2D eigenvalue weighted by atomic mass is 10.2. The Morgan fingerprint density at radius 1 is 1.43 bits per heavy atom. The second kappa shape index (κ2) is 3.95. The molecule has 1 aromatic carbocycles. The zero-order chi connectivity index (χ0) is 10.8. The molecular formula is C8H11NO4S. The summed E-state index contributed by atoms with van der Waals surface area (Å²) in [6, 6.07) is 3.91. The van der Waals surface area contributed by atoms with Gasteiger partial charge < -0.3 is 10.3 Å². The van der Waals surface area contributed by atoms with E-state index in [1.54, 1.807) is 0 Å². The molecule has 6 heteroatoms. The molecular weight excluding hydrogens is 206 g/mol. The average molecular weight is 217 g/mol. The van der Waals surface area contributed by atoms with Crippen LogP contribution in [0.1, 0.15) is 5.56 Å². The van der Waals surface area contributed by atoms with Crippen LogP contribution in [0.25, 0.3) is 0 Å². The molecule has 0 atom stereocenters. The van der Waals surface area contributed by atoms with Gasteiger partial charge in [0, 0.05) is 18.4 Å². The third kappa shape index (κ3) is 2.44. The molecule has 3 N–H and O–H groups in total. The largest absolute Gasteiger partial charge is 0.508 e. The Morgan fingerprint density at radius 3 is 2.57 bits per heavy atom. The summed E-state index contributed by atoms with van der Waals surface area (Å²) in [5.41, 5.74) is 2.18. The van der Waals surface area contributed by atoms with Gasteiger partial charge >= 0.3 is 0 Å². The van der Waals surface area contributed by atoms with E-state index in [0.29, 0.717) is 5.56 Å². The number of rotatable bonds is 3. The highest BCUT2D eigenvalue weighted by atomic mass is 32.2. The van der Waals surface area contributed by atoms with E-state index < -0.39 is 9.84 Å². The average Bonchev–Trinajstić information content (AvgIpc) is 2.07. The molecule has 1 aromatic rings. The van der Waals surface area contributed by atoms with Crippen LogP contribution in [-0.4, -0.2) is 25.0 Å². The van der Waals surface area contributed by atoms with Crippen molar-refractivity contribution < 1.29 is 18.7 Å². The van der Waals surface area contributed by atoms with Crippen molar-refractivity contribution in [1.82, 2.24) is 5.48 Å². The first-order valence-corrected chi connectivity index (χ1v) is 5.73. The van der Waals surface area contributed by atoms with Crippen LogP contribution in [0.4, 0.5) is 0 Å². The first-order chi connectivity index (χ1) is 6.45. The maximum Gasteiger partial charge on any atom is 0.175 e. The number of hydrogen-bond acceptors (Lipinski definition) is 5. The summed E-state index contributed by atoms with van der Waals surface area (Å²) in [6.45, 7) is -0.00477. The molecule has 0 aliphatic heterocycles. The topological polar surface area (TPSA) is 86.6 Å². The zero-order valence-electron chi connectivity index (χ0n) is 7.56. The minimum Gasteiger partial charge on any atom is -0.508 e. The van der Waals surface area contributed by atoms with Gasteiger partial charge in [-0.1, -0.05) is 0 Å². The van der Waals surface area contributed by atoms with Gasteiger partial charge in [0.15, 0.2) is 9.84 Å². The monoisotopic (exact) mass is 217 g/mol. The second-order valence-corrected chi connectivity index (χ2v) is 4.91. The number of aromatic hydroxyl groups is 1. The van der Waals surface area contributed by atoms with Gasteiger partial charge in [-0.25, -0.2) is 13.9 Å². The van der Waals surface area contributed by atoms with E-state index in [4.69, 9.17) is 5.21 Å². The Morgan fingerprint density at radius 2 is 2.07 bits per heavy atom. The first kappa shape index (κ1) is 11.0. The quantitative estimate of drug-likeness (QED) is 0.633. The standard InChI is InChI=1S/C8H11NO4S/c1-14(12,13)7-2-3-8(10)6(4-7)5-9-11/h2-4,9-11H,5H2,1H3. The molecule has 0 bridgehead atoms. The number of phenolic OH excluding ortho intramolecular Hbond substituents is 1. The Balaban J connectivity index is 3.20. The number of phenols is 1. The maximum atomic E-state index is 11.1. The fourth-order valence-electron chi connectivity index (χ4n) is 1.02. The first-order valence-electron chi connectivity index (χ1n) is 3.84. The summed E-state index contributed by atoms with van der Waals surface area (Å²) in [6.07, 6.45) is 1.08. The molecule has 0 amide bonds. The number of nitrogens with one attached hydrogen (secondary N) is 1. The summed E-state index contributed by atoms with van der Waals surface area (Å²) in [5.74, 6) is -0.0565. The van der Waals surface area contributed by atoms with Gasteiger partial charge in [-0.05, 0) is 18.2 Å². The highest BCUT2D eigenvalue weighted by Gasteiger charge is 2.09. The number of sulfone groups is 1. The molecule has 0 spiro atoms. The van der Waals surface area contributed by atoms with Gasteiger partial charge in [-0.15, -0.1) is 0 Å². The predicted octanol–water partition coefficient (Wildman–Crippen LogP) is 0.275. The summed E-state index contributed by atoms with van der Waals surface area (Å²) in [4.78, 5) is 0.112. The summed E-state index contributed by atoms with van der Waals surface area (Å²) in [7, 11) is -3.28. The lowest BCUT2D eigenvalue weighted by Gasteiger charge is -2.05. The summed E-state index contributed by atoms with van der Waals surface area (Å²) < 4.78 is 22.3. The molecule has 0 radical (unpaired) electrons. The lowest BCUT2D eigenvalue weighted by Crippen LogP contribution is -2.07. The van der Waals surface area contributed by atoms with Crippen molar-refractivity contribution in [1.29, 1.82) is 0 Å². The van der Waals surface area contributed by atoms with Crippen molar-refractivity contribution in [2.45, 2.75) is 11.4 Å². The third-order valence-electron chi connectivity index (χ3n) is 1.75. The van der Waals surface area contributed by atoms with Gasteiger partial charge in [-0.2, -0.15) is 0 Å². The molecule has 0 saturated carbocycles. The van der Waals surface area contributed by atoms with E-state index in [0.717, 1.165) is 6.26 Å². The van der Waals surface area contributed by atoms with Gasteiger partial charge in [0.2, 0.25) is 0 Å². The molecule has 0 saturated heterocycles. The van der Waals surface area contributed by atoms with E-state index in [9.17, 15) is 13.5 Å². The lowest BCUT2D eigenvalue weighted by molar-refractivity contribution is 0.160. The fraction of sp³-hybridized carbons (Fsp3) is 0.250. The van der Waals surface area contributed by atoms with E-state index in [1.807, 2.05) is 5.48 Å². The molecule has 1 rings (SSSR count). The minimum absolute atomic E-state index is 0.00477. The van der Waals surface area contributed by atoms with Crippen LogP contribution in [0.3, 0.4) is 0 Å². The SMILES string of the molecule is CS(=O)(=O)c1ccc(O)c(CNO)c1. The van der Waals surface area contributed by atoms with Crippen LogP contribution < -0.4 is 5.48 Å². The number of hydroxylamine groups is 1. The smallest absolute Gasteiger partial charge is 0.175 e.